The van der Waals surface area contributed by atoms with Crippen LogP contribution in [0.25, 0.3) is 84.0 Å². The highest BCUT2D eigenvalue weighted by atomic mass is 15.1. The summed E-state index contributed by atoms with van der Waals surface area (Å²) in [5.74, 6) is 2.52. The van der Waals surface area contributed by atoms with Gasteiger partial charge in [0.25, 0.3) is 0 Å². The van der Waals surface area contributed by atoms with Crippen LogP contribution < -0.4 is 0 Å². The molecule has 6 aromatic carbocycles. The van der Waals surface area contributed by atoms with Gasteiger partial charge in [0, 0.05) is 33.7 Å². The minimum atomic E-state index is -0.0177. The first-order valence-corrected chi connectivity index (χ1v) is 19.6. The van der Waals surface area contributed by atoms with Crippen LogP contribution >= 0.6 is 0 Å². The molecule has 0 amide bonds. The molecule has 0 bridgehead atoms. The third-order valence-electron chi connectivity index (χ3n) is 10.8. The molecule has 0 saturated carbocycles. The number of pyridine rings is 1. The summed E-state index contributed by atoms with van der Waals surface area (Å²) in [6.45, 7) is 13.6. The second-order valence-corrected chi connectivity index (χ2v) is 16.9. The minimum Gasteiger partial charge on any atom is -0.293 e. The minimum absolute atomic E-state index is 0.0177. The number of hydrogen-bond acceptors (Lipinski definition) is 4. The number of aromatic nitrogens is 5. The molecular weight excluding hydrogens is 695 g/mol. The lowest BCUT2D eigenvalue weighted by molar-refractivity contribution is 0.590. The molecule has 9 rings (SSSR count). The second kappa shape index (κ2) is 14.1. The van der Waals surface area contributed by atoms with E-state index in [0.29, 0.717) is 17.5 Å². The first-order chi connectivity index (χ1) is 27.5. The monoisotopic (exact) mass is 739 g/mol. The summed E-state index contributed by atoms with van der Waals surface area (Å²) in [5, 5.41) is 2.39. The molecule has 3 heterocycles. The van der Waals surface area contributed by atoms with E-state index in [4.69, 9.17) is 19.9 Å². The molecule has 0 unspecified atom stereocenters. The van der Waals surface area contributed by atoms with Gasteiger partial charge in [-0.2, -0.15) is 0 Å². The lowest BCUT2D eigenvalue weighted by atomic mass is 9.85. The largest absolute Gasteiger partial charge is 0.293 e. The van der Waals surface area contributed by atoms with Crippen LogP contribution in [0.4, 0.5) is 0 Å². The highest BCUT2D eigenvalue weighted by Gasteiger charge is 2.24. The fraction of sp³-hybridized carbons (Fsp3) is 0.154. The average molecular weight is 740 g/mol. The molecule has 5 nitrogen and oxygen atoms in total. The predicted molar refractivity (Wildman–Crippen MR) is 237 cm³/mol. The van der Waals surface area contributed by atoms with Crippen molar-refractivity contribution in [2.45, 2.75) is 52.4 Å². The highest BCUT2D eigenvalue weighted by molar-refractivity contribution is 6.10. The van der Waals surface area contributed by atoms with Crippen LogP contribution in [-0.2, 0) is 10.8 Å². The standard InChI is InChI=1S/C52H45N5/c1-51(2,3)40-25-27-45-42(31-40)43-32-41(52(4,5)6)26-28-46(43)57(45)50-44(30-39(33-53-50)38-24-16-23-37(29-38)34-17-10-7-11-18-34)49-55-47(35-19-12-8-13-20-35)54-48(56-49)36-21-14-9-15-22-36/h7-33H,1-6H3. The van der Waals surface area contributed by atoms with Gasteiger partial charge in [-0.3, -0.25) is 4.57 Å². The fourth-order valence-corrected chi connectivity index (χ4v) is 7.58. The van der Waals surface area contributed by atoms with Crippen LogP contribution in [-0.4, -0.2) is 24.5 Å². The van der Waals surface area contributed by atoms with Crippen molar-refractivity contribution < 1.29 is 0 Å². The summed E-state index contributed by atoms with van der Waals surface area (Å²) in [4.78, 5) is 20.9. The zero-order valence-electron chi connectivity index (χ0n) is 33.3. The van der Waals surface area contributed by atoms with Gasteiger partial charge in [-0.15, -0.1) is 0 Å². The van der Waals surface area contributed by atoms with Crippen molar-refractivity contribution in [3.8, 4) is 62.2 Å². The molecule has 0 radical (unpaired) electrons. The van der Waals surface area contributed by atoms with Crippen molar-refractivity contribution in [1.29, 1.82) is 0 Å². The Morgan fingerprint density at radius 2 is 0.825 bits per heavy atom. The van der Waals surface area contributed by atoms with Gasteiger partial charge in [0.15, 0.2) is 17.5 Å². The molecule has 0 atom stereocenters. The van der Waals surface area contributed by atoms with E-state index in [9.17, 15) is 0 Å². The predicted octanol–water partition coefficient (Wildman–Crippen LogP) is 13.3. The Hall–Kier alpha value is -6.72. The van der Waals surface area contributed by atoms with E-state index >= 15 is 0 Å². The zero-order valence-corrected chi connectivity index (χ0v) is 33.3. The second-order valence-electron chi connectivity index (χ2n) is 16.9. The van der Waals surface area contributed by atoms with Crippen molar-refractivity contribution in [3.05, 3.63) is 175 Å². The van der Waals surface area contributed by atoms with Gasteiger partial charge >= 0.3 is 0 Å². The van der Waals surface area contributed by atoms with Crippen molar-refractivity contribution >= 4 is 21.8 Å². The van der Waals surface area contributed by atoms with Crippen LogP contribution in [0.2, 0.25) is 0 Å². The lowest BCUT2D eigenvalue weighted by Crippen LogP contribution is -2.10. The van der Waals surface area contributed by atoms with E-state index in [0.717, 1.165) is 55.8 Å². The van der Waals surface area contributed by atoms with Crippen molar-refractivity contribution in [1.82, 2.24) is 24.5 Å². The summed E-state index contributed by atoms with van der Waals surface area (Å²) in [7, 11) is 0. The summed E-state index contributed by atoms with van der Waals surface area (Å²) < 4.78 is 2.30. The number of benzene rings is 6. The van der Waals surface area contributed by atoms with Crippen LogP contribution in [0.1, 0.15) is 52.7 Å². The molecule has 9 aromatic rings. The Balaban J connectivity index is 1.35. The topological polar surface area (TPSA) is 56.5 Å². The molecule has 0 N–H and O–H groups in total. The Morgan fingerprint density at radius 1 is 0.386 bits per heavy atom. The van der Waals surface area contributed by atoms with Crippen molar-refractivity contribution in [2.75, 3.05) is 0 Å². The normalized spacial score (nSPS) is 12.0. The number of rotatable bonds is 6. The van der Waals surface area contributed by atoms with Crippen LogP contribution in [0.15, 0.2) is 164 Å². The van der Waals surface area contributed by atoms with Crippen LogP contribution in [0.5, 0.6) is 0 Å². The maximum Gasteiger partial charge on any atom is 0.167 e. The Bertz CT molecular complexity index is 2770. The first-order valence-electron chi connectivity index (χ1n) is 19.6. The molecule has 278 valence electrons. The highest BCUT2D eigenvalue weighted by Crippen LogP contribution is 2.40. The molecule has 0 aliphatic carbocycles. The molecule has 0 aliphatic rings. The number of hydrogen-bond donors (Lipinski definition) is 0. The molecular formula is C52H45N5. The summed E-state index contributed by atoms with van der Waals surface area (Å²) in [6, 6.07) is 55.4. The Labute approximate surface area is 334 Å². The van der Waals surface area contributed by atoms with E-state index in [2.05, 4.69) is 137 Å². The number of fused-ring (bicyclic) bond motifs is 3. The maximum absolute atomic E-state index is 5.39. The third kappa shape index (κ3) is 6.91. The lowest BCUT2D eigenvalue weighted by Gasteiger charge is -2.19. The van der Waals surface area contributed by atoms with Crippen molar-refractivity contribution in [3.63, 3.8) is 0 Å². The summed E-state index contributed by atoms with van der Waals surface area (Å²) in [5.41, 5.74) is 11.7. The fourth-order valence-electron chi connectivity index (χ4n) is 7.58. The Morgan fingerprint density at radius 3 is 1.32 bits per heavy atom. The third-order valence-corrected chi connectivity index (χ3v) is 10.8. The van der Waals surface area contributed by atoms with Gasteiger partial charge in [-0.25, -0.2) is 19.9 Å². The van der Waals surface area contributed by atoms with E-state index < -0.39 is 0 Å². The van der Waals surface area contributed by atoms with Gasteiger partial charge in [0.2, 0.25) is 0 Å². The van der Waals surface area contributed by atoms with E-state index in [1.165, 1.54) is 21.9 Å². The SMILES string of the molecule is CC(C)(C)c1ccc2c(c1)c1cc(C(C)(C)C)ccc1n2-c1ncc(-c2cccc(-c3ccccc3)c2)cc1-c1nc(-c2ccccc2)nc(-c2ccccc2)n1. The molecule has 5 heteroatoms. The van der Waals surface area contributed by atoms with Crippen molar-refractivity contribution in [2.24, 2.45) is 0 Å². The van der Waals surface area contributed by atoms with E-state index in [1.54, 1.807) is 0 Å². The molecule has 0 saturated heterocycles. The summed E-state index contributed by atoms with van der Waals surface area (Å²) in [6.07, 6.45) is 1.99. The molecule has 3 aromatic heterocycles. The van der Waals surface area contributed by atoms with Gasteiger partial charge < -0.3 is 0 Å². The molecule has 0 spiro atoms. The van der Waals surface area contributed by atoms with E-state index in [1.807, 2.05) is 72.9 Å². The molecule has 0 aliphatic heterocycles. The van der Waals surface area contributed by atoms with Gasteiger partial charge in [0.1, 0.15) is 5.82 Å². The van der Waals surface area contributed by atoms with Gasteiger partial charge in [-0.1, -0.05) is 163 Å². The quantitative estimate of drug-likeness (QED) is 0.170. The average Bonchev–Trinajstić information content (AvgIpc) is 3.57. The van der Waals surface area contributed by atoms with Gasteiger partial charge in [0.05, 0.1) is 16.6 Å². The maximum atomic E-state index is 5.39. The zero-order chi connectivity index (χ0) is 39.3. The molecule has 0 fully saturated rings. The first kappa shape index (κ1) is 35.9. The smallest absolute Gasteiger partial charge is 0.167 e. The van der Waals surface area contributed by atoms with Crippen LogP contribution in [0.3, 0.4) is 0 Å². The van der Waals surface area contributed by atoms with Crippen LogP contribution in [0, 0.1) is 0 Å². The Kier molecular flexibility index (Phi) is 8.89. The van der Waals surface area contributed by atoms with Gasteiger partial charge in [-0.05, 0) is 75.0 Å². The molecule has 57 heavy (non-hydrogen) atoms. The van der Waals surface area contributed by atoms with E-state index in [-0.39, 0.29) is 10.8 Å². The summed E-state index contributed by atoms with van der Waals surface area (Å²) >= 11 is 0. The number of nitrogens with zero attached hydrogens (tertiary/aromatic N) is 5.